The van der Waals surface area contributed by atoms with Crippen LogP contribution in [0, 0.1) is 0 Å². The summed E-state index contributed by atoms with van der Waals surface area (Å²) in [4.78, 5) is 19.9. The molecule has 0 atom stereocenters. The van der Waals surface area contributed by atoms with Gasteiger partial charge in [-0.1, -0.05) is 17.7 Å². The van der Waals surface area contributed by atoms with Gasteiger partial charge in [0.2, 0.25) is 5.95 Å². The summed E-state index contributed by atoms with van der Waals surface area (Å²) < 4.78 is 134. The monoisotopic (exact) mass is 743 g/mol. The fraction of sp³-hybridized carbons (Fsp3) is 0.281. The third kappa shape index (κ3) is 10.9. The minimum Gasteiger partial charge on any atom is -0.550 e. The summed E-state index contributed by atoms with van der Waals surface area (Å²) in [6, 6.07) is 8.01. The molecule has 0 saturated carbocycles. The summed E-state index contributed by atoms with van der Waals surface area (Å²) in [5.74, 6) is -1.36. The van der Waals surface area contributed by atoms with Crippen molar-refractivity contribution in [3.8, 4) is 22.6 Å². The average molecular weight is 744 g/mol. The van der Waals surface area contributed by atoms with Gasteiger partial charge >= 0.3 is 48.1 Å². The van der Waals surface area contributed by atoms with Crippen LogP contribution < -0.4 is 49.0 Å². The molecule has 0 aliphatic heterocycles. The van der Waals surface area contributed by atoms with Gasteiger partial charge in [0.25, 0.3) is 0 Å². The van der Waals surface area contributed by atoms with Crippen LogP contribution in [0.3, 0.4) is 0 Å². The molecule has 4 aromatic rings. The van der Waals surface area contributed by atoms with Gasteiger partial charge in [-0.15, -0.1) is 0 Å². The van der Waals surface area contributed by atoms with Crippen molar-refractivity contribution >= 4 is 23.5 Å². The molecule has 0 unspecified atom stereocenters. The maximum Gasteiger partial charge on any atom is 1.00 e. The number of carbonyl (C=O) groups excluding carboxylic acids is 1. The molecule has 0 fully saturated rings. The second-order valence-corrected chi connectivity index (χ2v) is 11.0. The molecule has 7 nitrogen and oxygen atoms in total. The van der Waals surface area contributed by atoms with Crippen molar-refractivity contribution in [2.75, 3.05) is 18.6 Å². The molecule has 18 heteroatoms. The maximum absolute atomic E-state index is 13.9. The van der Waals surface area contributed by atoms with E-state index in [-0.39, 0.29) is 94.2 Å². The van der Waals surface area contributed by atoms with Crippen LogP contribution in [0.5, 0.6) is 11.5 Å². The molecule has 4 rings (SSSR count). The molecular formula is C32H24ClF9N3NaO4. The fourth-order valence-electron chi connectivity index (χ4n) is 4.74. The fourth-order valence-corrected chi connectivity index (χ4v) is 4.91. The number of hydrogen-bond acceptors (Lipinski definition) is 7. The summed E-state index contributed by atoms with van der Waals surface area (Å²) in [5.41, 5.74) is -4.45. The summed E-state index contributed by atoms with van der Waals surface area (Å²) in [6.07, 6.45) is -13.2. The van der Waals surface area contributed by atoms with Crippen molar-refractivity contribution in [1.29, 1.82) is 0 Å². The van der Waals surface area contributed by atoms with E-state index in [1.54, 1.807) is 0 Å². The normalized spacial score (nSPS) is 11.9. The maximum atomic E-state index is 13.9. The first-order chi connectivity index (χ1) is 22.8. The Bertz CT molecular complexity index is 1750. The van der Waals surface area contributed by atoms with Gasteiger partial charge in [-0.25, -0.2) is 9.97 Å². The molecule has 3 aromatic carbocycles. The number of carbonyl (C=O) groups is 1. The molecule has 262 valence electrons. The molecule has 0 radical (unpaired) electrons. The number of carboxylic acids is 1. The first-order valence-corrected chi connectivity index (χ1v) is 14.4. The number of benzene rings is 3. The number of rotatable bonds is 12. The van der Waals surface area contributed by atoms with Crippen molar-refractivity contribution in [1.82, 2.24) is 9.97 Å². The van der Waals surface area contributed by atoms with Crippen LogP contribution in [0.4, 0.5) is 45.5 Å². The zero-order valence-corrected chi connectivity index (χ0v) is 28.9. The summed E-state index contributed by atoms with van der Waals surface area (Å²) >= 11 is 6.17. The van der Waals surface area contributed by atoms with Gasteiger partial charge < -0.3 is 24.3 Å². The quantitative estimate of drug-likeness (QED) is 0.115. The molecule has 0 N–H and O–H groups in total. The molecule has 0 aliphatic rings. The number of hydrogen-bond donors (Lipinski definition) is 0. The Morgan fingerprint density at radius 2 is 1.40 bits per heavy atom. The van der Waals surface area contributed by atoms with Crippen LogP contribution in [-0.2, 0) is 36.4 Å². The Morgan fingerprint density at radius 1 is 0.800 bits per heavy atom. The van der Waals surface area contributed by atoms with E-state index in [1.807, 2.05) is 0 Å². The van der Waals surface area contributed by atoms with Crippen LogP contribution >= 0.6 is 11.6 Å². The van der Waals surface area contributed by atoms with Crippen LogP contribution in [0.15, 0.2) is 67.0 Å². The predicted octanol–water partition coefficient (Wildman–Crippen LogP) is 4.98. The zero-order chi connectivity index (χ0) is 36.1. The van der Waals surface area contributed by atoms with Gasteiger partial charge in [0.15, 0.2) is 5.75 Å². The van der Waals surface area contributed by atoms with E-state index in [2.05, 4.69) is 9.97 Å². The summed E-state index contributed by atoms with van der Waals surface area (Å²) in [5, 5.41) is 10.8. The van der Waals surface area contributed by atoms with Crippen LogP contribution in [0.25, 0.3) is 11.1 Å². The molecule has 0 bridgehead atoms. The Balaban J connectivity index is 0.00000676. The predicted molar refractivity (Wildman–Crippen MR) is 157 cm³/mol. The van der Waals surface area contributed by atoms with Crippen molar-refractivity contribution in [3.63, 3.8) is 0 Å². The number of carboxylic acid groups (broad SMARTS) is 1. The molecule has 1 heterocycles. The Morgan fingerprint density at radius 3 is 1.94 bits per heavy atom. The van der Waals surface area contributed by atoms with E-state index in [0.29, 0.717) is 12.1 Å². The molecule has 1 aromatic heterocycles. The smallest absolute Gasteiger partial charge is 0.550 e. The number of anilines is 1. The van der Waals surface area contributed by atoms with Crippen molar-refractivity contribution in [2.45, 2.75) is 44.5 Å². The van der Waals surface area contributed by atoms with Crippen LogP contribution in [0.2, 0.25) is 5.02 Å². The molecule has 0 spiro atoms. The van der Waals surface area contributed by atoms with Crippen molar-refractivity contribution < 1.29 is 88.4 Å². The first kappa shape index (κ1) is 40.7. The molecule has 50 heavy (non-hydrogen) atoms. The SMILES string of the molecule is COc1ccc(Cl)cc1-c1ccc(C(F)(F)F)cc1CN(Cc1cc(C(F)(F)F)cc(C(F)(F)F)c1)c1ncc(OCCCC(=O)[O-])cn1.[Na+]. The second-order valence-electron chi connectivity index (χ2n) is 10.5. The molecular weight excluding hydrogens is 720 g/mol. The standard InChI is InChI=1S/C32H25ClF9N3O4.Na/c1-48-27-7-5-23(33)13-26(27)25-6-4-20(30(34,35)36)11-19(25)17-45(29-43-14-24(15-44-29)49-8-2-3-28(46)47)16-18-9-21(31(37,38)39)12-22(10-18)32(40,41)42;/h4-7,9-15H,2-3,8,16-17H2,1H3,(H,46,47);/q;+1/p-1. The largest absolute Gasteiger partial charge is 1.00 e. The van der Waals surface area contributed by atoms with Gasteiger partial charge in [0, 0.05) is 29.6 Å². The summed E-state index contributed by atoms with van der Waals surface area (Å²) in [6.45, 7) is -1.36. The summed E-state index contributed by atoms with van der Waals surface area (Å²) in [7, 11) is 1.31. The van der Waals surface area contributed by atoms with E-state index in [9.17, 15) is 49.4 Å². The number of halogens is 10. The minimum atomic E-state index is -5.16. The van der Waals surface area contributed by atoms with Crippen LogP contribution in [-0.4, -0.2) is 29.7 Å². The first-order valence-electron chi connectivity index (χ1n) is 14.1. The van der Waals surface area contributed by atoms with E-state index < -0.39 is 59.8 Å². The van der Waals surface area contributed by atoms with Gasteiger partial charge in [0.05, 0.1) is 42.8 Å². The van der Waals surface area contributed by atoms with E-state index >= 15 is 0 Å². The van der Waals surface area contributed by atoms with Gasteiger partial charge in [0.1, 0.15) is 5.75 Å². The molecule has 0 amide bonds. The van der Waals surface area contributed by atoms with E-state index in [0.717, 1.165) is 35.5 Å². The number of aliphatic carboxylic acids is 1. The van der Waals surface area contributed by atoms with Crippen molar-refractivity contribution in [2.24, 2.45) is 0 Å². The third-order valence-corrected chi connectivity index (χ3v) is 7.19. The van der Waals surface area contributed by atoms with Crippen molar-refractivity contribution in [3.05, 3.63) is 99.8 Å². The molecule has 0 saturated heterocycles. The minimum absolute atomic E-state index is 0. The Hall–Kier alpha value is -3.73. The number of ether oxygens (including phenoxy) is 2. The van der Waals surface area contributed by atoms with E-state index in [4.69, 9.17) is 21.1 Å². The zero-order valence-electron chi connectivity index (χ0n) is 26.1. The second kappa shape index (κ2) is 16.5. The number of aromatic nitrogens is 2. The van der Waals surface area contributed by atoms with Gasteiger partial charge in [-0.05, 0) is 78.1 Å². The Kier molecular flexibility index (Phi) is 13.5. The third-order valence-electron chi connectivity index (χ3n) is 6.96. The number of alkyl halides is 9. The average Bonchev–Trinajstić information content (AvgIpc) is 3.01. The topological polar surface area (TPSA) is 87.6 Å². The van der Waals surface area contributed by atoms with Crippen LogP contribution in [0.1, 0.15) is 40.7 Å². The number of methoxy groups -OCH3 is 1. The van der Waals surface area contributed by atoms with Gasteiger partial charge in [-0.2, -0.15) is 39.5 Å². The Labute approximate surface area is 306 Å². The van der Waals surface area contributed by atoms with E-state index in [1.165, 1.54) is 25.3 Å². The molecule has 0 aliphatic carbocycles. The van der Waals surface area contributed by atoms with Gasteiger partial charge in [-0.3, -0.25) is 0 Å². The number of nitrogens with zero attached hydrogens (tertiary/aromatic N) is 3.